The molecule has 2 amide bonds. The second-order valence-electron chi connectivity index (χ2n) is 5.25. The quantitative estimate of drug-likeness (QED) is 0.699. The van der Waals surface area contributed by atoms with Crippen LogP contribution in [0.2, 0.25) is 0 Å². The fourth-order valence-electron chi connectivity index (χ4n) is 2.40. The number of hydrogen-bond acceptors (Lipinski definition) is 4. The Morgan fingerprint density at radius 1 is 1.09 bits per heavy atom. The number of para-hydroxylation sites is 1. The first-order chi connectivity index (χ1) is 10.6. The molecule has 4 nitrogen and oxygen atoms in total. The highest BCUT2D eigenvalue weighted by Gasteiger charge is 2.40. The fourth-order valence-corrected chi connectivity index (χ4v) is 3.50. The molecule has 2 aromatic rings. The van der Waals surface area contributed by atoms with Crippen molar-refractivity contribution in [3.63, 3.8) is 0 Å². The van der Waals surface area contributed by atoms with E-state index in [1.807, 2.05) is 37.3 Å². The number of thioether (sulfide) groups is 1. The van der Waals surface area contributed by atoms with E-state index in [9.17, 15) is 9.59 Å². The van der Waals surface area contributed by atoms with E-state index < -0.39 is 5.25 Å². The molecule has 0 bridgehead atoms. The van der Waals surface area contributed by atoms with Gasteiger partial charge in [0.15, 0.2) is 0 Å². The van der Waals surface area contributed by atoms with Gasteiger partial charge in [-0.15, -0.1) is 11.8 Å². The maximum Gasteiger partial charge on any atom is 0.247 e. The maximum atomic E-state index is 12.6. The van der Waals surface area contributed by atoms with Crippen LogP contribution in [0, 0.1) is 6.92 Å². The predicted molar refractivity (Wildman–Crippen MR) is 88.8 cm³/mol. The molecule has 22 heavy (non-hydrogen) atoms. The number of nitrogens with zero attached hydrogens (tertiary/aromatic N) is 1. The third-order valence-electron chi connectivity index (χ3n) is 3.59. The molecule has 112 valence electrons. The number of nitrogens with two attached hydrogens (primary N) is 1. The summed E-state index contributed by atoms with van der Waals surface area (Å²) in [7, 11) is 0. The monoisotopic (exact) mass is 312 g/mol. The molecule has 1 fully saturated rings. The Labute approximate surface area is 133 Å². The molecule has 1 unspecified atom stereocenters. The van der Waals surface area contributed by atoms with E-state index in [4.69, 9.17) is 5.73 Å². The lowest BCUT2D eigenvalue weighted by atomic mass is 10.2. The average Bonchev–Trinajstić information content (AvgIpc) is 2.77. The number of nitrogen functional groups attached to an aromatic ring is 1. The van der Waals surface area contributed by atoms with E-state index in [1.54, 1.807) is 18.2 Å². The van der Waals surface area contributed by atoms with Crippen molar-refractivity contribution in [1.29, 1.82) is 0 Å². The van der Waals surface area contributed by atoms with Gasteiger partial charge in [0.25, 0.3) is 0 Å². The van der Waals surface area contributed by atoms with E-state index in [-0.39, 0.29) is 18.2 Å². The minimum Gasteiger partial charge on any atom is -0.398 e. The van der Waals surface area contributed by atoms with Gasteiger partial charge in [-0.25, -0.2) is 4.90 Å². The van der Waals surface area contributed by atoms with Crippen molar-refractivity contribution >= 4 is 35.0 Å². The summed E-state index contributed by atoms with van der Waals surface area (Å²) < 4.78 is 0. The minimum absolute atomic E-state index is 0.166. The number of benzene rings is 2. The van der Waals surface area contributed by atoms with Crippen molar-refractivity contribution in [1.82, 2.24) is 0 Å². The maximum absolute atomic E-state index is 12.6. The van der Waals surface area contributed by atoms with Crippen molar-refractivity contribution in [3.8, 4) is 0 Å². The van der Waals surface area contributed by atoms with Crippen LogP contribution < -0.4 is 10.6 Å². The zero-order valence-corrected chi connectivity index (χ0v) is 13.0. The van der Waals surface area contributed by atoms with Crippen LogP contribution in [-0.4, -0.2) is 17.1 Å². The van der Waals surface area contributed by atoms with Crippen LogP contribution in [0.3, 0.4) is 0 Å². The second-order valence-corrected chi connectivity index (χ2v) is 6.50. The number of carbonyl (C=O) groups excluding carboxylic acids is 2. The molecule has 1 saturated heterocycles. The smallest absolute Gasteiger partial charge is 0.247 e. The first-order valence-electron chi connectivity index (χ1n) is 7.01. The first kappa shape index (κ1) is 14.7. The molecule has 3 rings (SSSR count). The van der Waals surface area contributed by atoms with Gasteiger partial charge in [-0.05, 0) is 31.2 Å². The lowest BCUT2D eigenvalue weighted by Crippen LogP contribution is -2.31. The summed E-state index contributed by atoms with van der Waals surface area (Å²) in [4.78, 5) is 26.9. The highest BCUT2D eigenvalue weighted by atomic mass is 32.2. The summed E-state index contributed by atoms with van der Waals surface area (Å²) in [5.74, 6) is -0.344. The van der Waals surface area contributed by atoms with Crippen LogP contribution in [0.25, 0.3) is 0 Å². The molecule has 1 atom stereocenters. The normalized spacial score (nSPS) is 18.0. The Bertz CT molecular complexity index is 728. The highest BCUT2D eigenvalue weighted by molar-refractivity contribution is 8.00. The summed E-state index contributed by atoms with van der Waals surface area (Å²) in [5, 5.41) is -0.418. The standard InChI is InChI=1S/C17H16N2O2S/c1-11-6-8-12(9-7-11)19-16(20)10-15(17(19)21)22-14-5-3-2-4-13(14)18/h2-9,15H,10,18H2,1H3. The molecule has 1 aliphatic rings. The summed E-state index contributed by atoms with van der Waals surface area (Å²) >= 11 is 1.35. The van der Waals surface area contributed by atoms with Crippen LogP contribution >= 0.6 is 11.8 Å². The summed E-state index contributed by atoms with van der Waals surface area (Å²) in [6.07, 6.45) is 0.200. The van der Waals surface area contributed by atoms with Gasteiger partial charge in [0, 0.05) is 17.0 Å². The number of aryl methyl sites for hydroxylation is 1. The van der Waals surface area contributed by atoms with Gasteiger partial charge in [-0.2, -0.15) is 0 Å². The molecule has 2 N–H and O–H groups in total. The SMILES string of the molecule is Cc1ccc(N2C(=O)CC(Sc3ccccc3N)C2=O)cc1. The molecule has 2 aromatic carbocycles. The van der Waals surface area contributed by atoms with Gasteiger partial charge in [0.2, 0.25) is 11.8 Å². The second kappa shape index (κ2) is 5.85. The largest absolute Gasteiger partial charge is 0.398 e. The summed E-state index contributed by atoms with van der Waals surface area (Å²) in [6, 6.07) is 14.8. The molecular weight excluding hydrogens is 296 g/mol. The van der Waals surface area contributed by atoms with Crippen LogP contribution in [0.15, 0.2) is 53.4 Å². The number of imide groups is 1. The Kier molecular flexibility index (Phi) is 3.90. The molecule has 5 heteroatoms. The van der Waals surface area contributed by atoms with Crippen LogP contribution in [-0.2, 0) is 9.59 Å². The lowest BCUT2D eigenvalue weighted by Gasteiger charge is -2.15. The van der Waals surface area contributed by atoms with Crippen molar-refractivity contribution < 1.29 is 9.59 Å². The molecule has 0 spiro atoms. The van der Waals surface area contributed by atoms with E-state index in [1.165, 1.54) is 16.7 Å². The number of anilines is 2. The van der Waals surface area contributed by atoms with Crippen molar-refractivity contribution in [2.24, 2.45) is 0 Å². The van der Waals surface area contributed by atoms with E-state index in [2.05, 4.69) is 0 Å². The van der Waals surface area contributed by atoms with Crippen LogP contribution in [0.4, 0.5) is 11.4 Å². The van der Waals surface area contributed by atoms with E-state index in [0.29, 0.717) is 11.4 Å². The first-order valence-corrected chi connectivity index (χ1v) is 7.89. The zero-order chi connectivity index (χ0) is 15.7. The van der Waals surface area contributed by atoms with Gasteiger partial charge < -0.3 is 5.73 Å². The fraction of sp³-hybridized carbons (Fsp3) is 0.176. The molecule has 0 aromatic heterocycles. The van der Waals surface area contributed by atoms with E-state index in [0.717, 1.165) is 10.5 Å². The van der Waals surface area contributed by atoms with Crippen LogP contribution in [0.5, 0.6) is 0 Å². The van der Waals surface area contributed by atoms with Gasteiger partial charge in [-0.1, -0.05) is 29.8 Å². The number of amides is 2. The zero-order valence-electron chi connectivity index (χ0n) is 12.2. The third kappa shape index (κ3) is 2.72. The predicted octanol–water partition coefficient (Wildman–Crippen LogP) is 3.00. The molecule has 0 radical (unpaired) electrons. The average molecular weight is 312 g/mol. The molecule has 1 heterocycles. The topological polar surface area (TPSA) is 63.4 Å². The van der Waals surface area contributed by atoms with E-state index >= 15 is 0 Å². The van der Waals surface area contributed by atoms with Crippen molar-refractivity contribution in [3.05, 3.63) is 54.1 Å². The van der Waals surface area contributed by atoms with Crippen molar-refractivity contribution in [2.75, 3.05) is 10.6 Å². The van der Waals surface area contributed by atoms with Crippen LogP contribution in [0.1, 0.15) is 12.0 Å². The third-order valence-corrected chi connectivity index (χ3v) is 4.86. The number of hydrogen-bond donors (Lipinski definition) is 1. The lowest BCUT2D eigenvalue weighted by molar-refractivity contribution is -0.121. The minimum atomic E-state index is -0.418. The molecular formula is C17H16N2O2S. The Morgan fingerprint density at radius 2 is 1.77 bits per heavy atom. The molecule has 0 aliphatic carbocycles. The van der Waals surface area contributed by atoms with Gasteiger partial charge >= 0.3 is 0 Å². The number of rotatable bonds is 3. The Hall–Kier alpha value is -2.27. The van der Waals surface area contributed by atoms with Gasteiger partial charge in [-0.3, -0.25) is 9.59 Å². The summed E-state index contributed by atoms with van der Waals surface area (Å²) in [5.41, 5.74) is 8.26. The highest BCUT2D eigenvalue weighted by Crippen LogP contribution is 2.36. The Morgan fingerprint density at radius 3 is 2.45 bits per heavy atom. The molecule has 1 aliphatic heterocycles. The van der Waals surface area contributed by atoms with Gasteiger partial charge in [0.1, 0.15) is 0 Å². The van der Waals surface area contributed by atoms with Crippen molar-refractivity contribution in [2.45, 2.75) is 23.5 Å². The molecule has 0 saturated carbocycles. The summed E-state index contributed by atoms with van der Waals surface area (Å²) in [6.45, 7) is 1.97. The van der Waals surface area contributed by atoms with Gasteiger partial charge in [0.05, 0.1) is 10.9 Å². The number of carbonyl (C=O) groups is 2. The Balaban J connectivity index is 1.82.